The minimum atomic E-state index is -1.60. The van der Waals surface area contributed by atoms with Crippen LogP contribution in [0.4, 0.5) is 11.4 Å². The van der Waals surface area contributed by atoms with Crippen molar-refractivity contribution in [1.29, 1.82) is 0 Å². The lowest BCUT2D eigenvalue weighted by molar-refractivity contribution is -0.384. The molecule has 2 N–H and O–H groups in total. The van der Waals surface area contributed by atoms with Gasteiger partial charge in [-0.1, -0.05) is 36.4 Å². The first-order valence-electron chi connectivity index (χ1n) is 7.68. The van der Waals surface area contributed by atoms with E-state index in [4.69, 9.17) is 0 Å². The number of carbonyl (C=O) groups is 1. The zero-order valence-electron chi connectivity index (χ0n) is 14.0. The normalized spacial score (nSPS) is 13.1. The lowest BCUT2D eigenvalue weighted by Crippen LogP contribution is -2.36. The van der Waals surface area contributed by atoms with E-state index in [1.165, 1.54) is 25.1 Å². The first kappa shape index (κ1) is 18.4. The van der Waals surface area contributed by atoms with Crippen molar-refractivity contribution in [2.75, 3.05) is 18.6 Å². The second-order valence-corrected chi connectivity index (χ2v) is 6.10. The van der Waals surface area contributed by atoms with E-state index in [0.717, 1.165) is 5.56 Å². The molecule has 0 heterocycles. The number of hydrogen-bond acceptors (Lipinski definition) is 5. The molecule has 7 heteroatoms. The molecule has 1 unspecified atom stereocenters. The fourth-order valence-corrected chi connectivity index (χ4v) is 2.56. The van der Waals surface area contributed by atoms with Gasteiger partial charge in [-0.2, -0.15) is 0 Å². The quantitative estimate of drug-likeness (QED) is 0.591. The molecular formula is C18H20N2O5. The molecule has 0 aromatic heterocycles. The predicted octanol–water partition coefficient (Wildman–Crippen LogP) is 2.57. The average molecular weight is 344 g/mol. The number of aliphatic hydroxyl groups excluding tert-OH is 1. The van der Waals surface area contributed by atoms with Crippen molar-refractivity contribution in [3.63, 3.8) is 0 Å². The number of benzene rings is 2. The first-order valence-corrected chi connectivity index (χ1v) is 7.68. The molecule has 1 atom stereocenters. The van der Waals surface area contributed by atoms with Crippen molar-refractivity contribution in [1.82, 2.24) is 0 Å². The number of anilines is 1. The Kier molecular flexibility index (Phi) is 5.38. The minimum absolute atomic E-state index is 0.186. The Bertz CT molecular complexity index is 778. The lowest BCUT2D eigenvalue weighted by Gasteiger charge is -2.24. The van der Waals surface area contributed by atoms with Gasteiger partial charge in [0.15, 0.2) is 0 Å². The summed E-state index contributed by atoms with van der Waals surface area (Å²) in [7, 11) is 1.73. The van der Waals surface area contributed by atoms with E-state index in [2.05, 4.69) is 0 Å². The first-order chi connectivity index (χ1) is 11.8. The molecule has 0 aliphatic rings. The van der Waals surface area contributed by atoms with Gasteiger partial charge in [0, 0.05) is 19.7 Å². The van der Waals surface area contributed by atoms with Gasteiger partial charge < -0.3 is 15.1 Å². The van der Waals surface area contributed by atoms with Gasteiger partial charge in [0.05, 0.1) is 11.5 Å². The summed E-state index contributed by atoms with van der Waals surface area (Å²) < 4.78 is 0. The summed E-state index contributed by atoms with van der Waals surface area (Å²) in [5, 5.41) is 30.3. The molecule has 0 bridgehead atoms. The zero-order valence-corrected chi connectivity index (χ0v) is 14.0. The molecule has 2 aromatic carbocycles. The summed E-state index contributed by atoms with van der Waals surface area (Å²) >= 11 is 0. The van der Waals surface area contributed by atoms with Crippen molar-refractivity contribution >= 4 is 17.3 Å². The Morgan fingerprint density at radius 1 is 1.24 bits per heavy atom. The number of aliphatic hydroxyl groups is 1. The highest BCUT2D eigenvalue weighted by Gasteiger charge is 2.36. The highest BCUT2D eigenvalue weighted by Crippen LogP contribution is 2.34. The van der Waals surface area contributed by atoms with Crippen molar-refractivity contribution in [3.8, 4) is 0 Å². The summed E-state index contributed by atoms with van der Waals surface area (Å²) in [5.74, 6) is -1.24. The van der Waals surface area contributed by atoms with E-state index in [0.29, 0.717) is 12.2 Å². The van der Waals surface area contributed by atoms with Gasteiger partial charge in [0.25, 0.3) is 5.69 Å². The molecular weight excluding hydrogens is 324 g/mol. The Hall–Kier alpha value is -2.93. The van der Waals surface area contributed by atoms with E-state index in [-0.39, 0.29) is 11.3 Å². The van der Waals surface area contributed by atoms with Crippen LogP contribution in [0.2, 0.25) is 0 Å². The number of nitrogens with zero attached hydrogens (tertiary/aromatic N) is 2. The Balaban J connectivity index is 2.43. The molecule has 0 spiro atoms. The molecule has 0 fully saturated rings. The summed E-state index contributed by atoms with van der Waals surface area (Å²) in [6.07, 6.45) is 0. The van der Waals surface area contributed by atoms with Crippen molar-refractivity contribution in [2.24, 2.45) is 0 Å². The predicted molar refractivity (Wildman–Crippen MR) is 93.7 cm³/mol. The lowest BCUT2D eigenvalue weighted by atomic mass is 9.83. The summed E-state index contributed by atoms with van der Waals surface area (Å²) in [6.45, 7) is 1.15. The standard InChI is InChI=1S/C18H20N2O5/c1-18(12-21,17(22)23)14-8-9-15(16(10-14)20(24)25)19(2)11-13-6-4-3-5-7-13/h3-10,21H,11-12H2,1-2H3,(H,22,23). The molecule has 2 aromatic rings. The number of nitro groups is 1. The third-order valence-corrected chi connectivity index (χ3v) is 4.27. The number of rotatable bonds is 7. The van der Waals surface area contributed by atoms with Crippen LogP contribution in [0.25, 0.3) is 0 Å². The van der Waals surface area contributed by atoms with Crippen molar-refractivity contribution in [3.05, 3.63) is 69.8 Å². The third kappa shape index (κ3) is 3.77. The molecule has 0 amide bonds. The van der Waals surface area contributed by atoms with Crippen LogP contribution in [0.15, 0.2) is 48.5 Å². The molecule has 0 aliphatic heterocycles. The largest absolute Gasteiger partial charge is 0.481 e. The van der Waals surface area contributed by atoms with Crippen LogP contribution in [0, 0.1) is 10.1 Å². The molecule has 0 aliphatic carbocycles. The maximum atomic E-state index is 11.5. The minimum Gasteiger partial charge on any atom is -0.481 e. The Labute approximate surface area is 145 Å². The van der Waals surface area contributed by atoms with Crippen LogP contribution in [0.3, 0.4) is 0 Å². The topological polar surface area (TPSA) is 104 Å². The molecule has 132 valence electrons. The maximum Gasteiger partial charge on any atom is 0.316 e. The van der Waals surface area contributed by atoms with Gasteiger partial charge in [-0.25, -0.2) is 0 Å². The molecule has 7 nitrogen and oxygen atoms in total. The fraction of sp³-hybridized carbons (Fsp3) is 0.278. The van der Waals surface area contributed by atoms with Crippen LogP contribution in [0.1, 0.15) is 18.1 Å². The number of aliphatic carboxylic acids is 1. The summed E-state index contributed by atoms with van der Waals surface area (Å²) in [4.78, 5) is 24.1. The van der Waals surface area contributed by atoms with E-state index in [1.807, 2.05) is 30.3 Å². The monoisotopic (exact) mass is 344 g/mol. The molecule has 0 radical (unpaired) electrons. The van der Waals surface area contributed by atoms with Crippen molar-refractivity contribution < 1.29 is 19.9 Å². The molecule has 2 rings (SSSR count). The smallest absolute Gasteiger partial charge is 0.316 e. The molecule has 25 heavy (non-hydrogen) atoms. The van der Waals surface area contributed by atoms with Crippen LogP contribution >= 0.6 is 0 Å². The number of hydrogen-bond donors (Lipinski definition) is 2. The van der Waals surface area contributed by atoms with Gasteiger partial charge in [0.2, 0.25) is 0 Å². The van der Waals surface area contributed by atoms with E-state index >= 15 is 0 Å². The zero-order chi connectivity index (χ0) is 18.6. The van der Waals surface area contributed by atoms with E-state index < -0.39 is 22.9 Å². The van der Waals surface area contributed by atoms with Gasteiger partial charge in [-0.15, -0.1) is 0 Å². The van der Waals surface area contributed by atoms with Crippen LogP contribution in [-0.2, 0) is 16.8 Å². The average Bonchev–Trinajstić information content (AvgIpc) is 2.61. The third-order valence-electron chi connectivity index (χ3n) is 4.27. The molecule has 0 saturated carbocycles. The second kappa shape index (κ2) is 7.31. The number of carboxylic acids is 1. The number of nitro benzene ring substituents is 1. The summed E-state index contributed by atoms with van der Waals surface area (Å²) in [5.41, 5.74) is -0.235. The Morgan fingerprint density at radius 3 is 2.40 bits per heavy atom. The van der Waals surface area contributed by atoms with Crippen LogP contribution in [0.5, 0.6) is 0 Å². The van der Waals surface area contributed by atoms with E-state index in [1.54, 1.807) is 11.9 Å². The SMILES string of the molecule is CN(Cc1ccccc1)c1ccc(C(C)(CO)C(=O)O)cc1[N+](=O)[O-]. The van der Waals surface area contributed by atoms with Gasteiger partial charge in [0.1, 0.15) is 11.1 Å². The van der Waals surface area contributed by atoms with Crippen LogP contribution < -0.4 is 4.90 Å². The van der Waals surface area contributed by atoms with Crippen molar-refractivity contribution in [2.45, 2.75) is 18.9 Å². The van der Waals surface area contributed by atoms with E-state index in [9.17, 15) is 25.1 Å². The summed E-state index contributed by atoms with van der Waals surface area (Å²) in [6, 6.07) is 13.8. The second-order valence-electron chi connectivity index (χ2n) is 6.10. The van der Waals surface area contributed by atoms with Crippen LogP contribution in [-0.4, -0.2) is 34.8 Å². The van der Waals surface area contributed by atoms with Gasteiger partial charge in [-0.05, 0) is 24.1 Å². The fourth-order valence-electron chi connectivity index (χ4n) is 2.56. The maximum absolute atomic E-state index is 11.5. The number of carboxylic acid groups (broad SMARTS) is 1. The highest BCUT2D eigenvalue weighted by atomic mass is 16.6. The van der Waals surface area contributed by atoms with Gasteiger partial charge >= 0.3 is 5.97 Å². The highest BCUT2D eigenvalue weighted by molar-refractivity contribution is 5.82. The Morgan fingerprint density at radius 2 is 1.88 bits per heavy atom. The van der Waals surface area contributed by atoms with Gasteiger partial charge in [-0.3, -0.25) is 14.9 Å². The molecule has 0 saturated heterocycles.